The summed E-state index contributed by atoms with van der Waals surface area (Å²) in [5.41, 5.74) is 4.20. The summed E-state index contributed by atoms with van der Waals surface area (Å²) in [4.78, 5) is 33.9. The normalized spacial score (nSPS) is 16.3. The third-order valence-electron chi connectivity index (χ3n) is 5.51. The molecule has 0 bridgehead atoms. The van der Waals surface area contributed by atoms with Crippen molar-refractivity contribution in [2.24, 2.45) is 0 Å². The van der Waals surface area contributed by atoms with E-state index in [0.29, 0.717) is 6.54 Å². The maximum Gasteiger partial charge on any atom is 0.407 e. The molecule has 1 aliphatic heterocycles. The molecule has 1 aromatic carbocycles. The van der Waals surface area contributed by atoms with Gasteiger partial charge in [0.15, 0.2) is 0 Å². The summed E-state index contributed by atoms with van der Waals surface area (Å²) in [7, 11) is 1.28. The zero-order valence-corrected chi connectivity index (χ0v) is 19.8. The van der Waals surface area contributed by atoms with Crippen LogP contribution in [-0.2, 0) is 9.53 Å². The number of nitrogens with zero attached hydrogens (tertiary/aromatic N) is 2. The van der Waals surface area contributed by atoms with Gasteiger partial charge in [0.2, 0.25) is 5.91 Å². The largest absolute Gasteiger partial charge is 0.453 e. The van der Waals surface area contributed by atoms with Gasteiger partial charge in [0.1, 0.15) is 12.4 Å². The number of rotatable bonds is 4. The molecule has 3 aromatic heterocycles. The number of amides is 2. The first-order valence-corrected chi connectivity index (χ1v) is 12.4. The molecule has 160 valence electrons. The molecule has 0 saturated carbocycles. The summed E-state index contributed by atoms with van der Waals surface area (Å²) < 4.78 is 8.23. The van der Waals surface area contributed by atoms with Crippen LogP contribution >= 0.6 is 38.6 Å². The lowest BCUT2D eigenvalue weighted by Crippen LogP contribution is -2.40. The SMILES string of the molecule is COC(=O)NCC(=O)N1CCCC1c1nc2ccc(-c3csc4c(Br)csc34)cc2[nH]1. The second-order valence-corrected chi connectivity index (χ2v) is 9.95. The standard InChI is InChI=1S/C21H19BrN4O3S2/c1-29-21(28)23-8-17(27)26-6-2-3-16(26)20-24-14-5-4-11(7-15(14)25-20)12-9-30-19-13(22)10-31-18(12)19/h4-5,7,9-10,16H,2-3,6,8H2,1H3,(H,23,28)(H,24,25). The minimum atomic E-state index is -0.610. The molecule has 1 unspecified atom stereocenters. The maximum atomic E-state index is 12.6. The Bertz CT molecular complexity index is 1290. The highest BCUT2D eigenvalue weighted by Gasteiger charge is 2.32. The van der Waals surface area contributed by atoms with Gasteiger partial charge in [0.05, 0.1) is 33.6 Å². The van der Waals surface area contributed by atoms with Crippen LogP contribution in [0.1, 0.15) is 24.7 Å². The molecule has 1 fully saturated rings. The number of aromatic nitrogens is 2. The van der Waals surface area contributed by atoms with Crippen molar-refractivity contribution in [3.63, 3.8) is 0 Å². The molecule has 10 heteroatoms. The lowest BCUT2D eigenvalue weighted by atomic mass is 10.1. The molecule has 0 radical (unpaired) electrons. The third-order valence-corrected chi connectivity index (χ3v) is 8.86. The van der Waals surface area contributed by atoms with Crippen molar-refractivity contribution in [1.82, 2.24) is 20.2 Å². The quantitative estimate of drug-likeness (QED) is 0.384. The van der Waals surface area contributed by atoms with Gasteiger partial charge in [-0.2, -0.15) is 0 Å². The van der Waals surface area contributed by atoms with Crippen LogP contribution in [-0.4, -0.2) is 47.1 Å². The number of ether oxygens (including phenoxy) is 1. The Kier molecular flexibility index (Phi) is 5.45. The maximum absolute atomic E-state index is 12.6. The topological polar surface area (TPSA) is 87.3 Å². The number of hydrogen-bond donors (Lipinski definition) is 2. The van der Waals surface area contributed by atoms with Gasteiger partial charge in [-0.1, -0.05) is 6.07 Å². The summed E-state index contributed by atoms with van der Waals surface area (Å²) in [6, 6.07) is 6.13. The number of halogens is 1. The van der Waals surface area contributed by atoms with Crippen LogP contribution in [0.2, 0.25) is 0 Å². The van der Waals surface area contributed by atoms with Crippen LogP contribution in [0, 0.1) is 0 Å². The van der Waals surface area contributed by atoms with Gasteiger partial charge in [0, 0.05) is 27.3 Å². The molecule has 0 spiro atoms. The highest BCUT2D eigenvalue weighted by Crippen LogP contribution is 2.42. The Morgan fingerprint density at radius 2 is 2.16 bits per heavy atom. The fourth-order valence-corrected chi connectivity index (χ4v) is 7.08. The van der Waals surface area contributed by atoms with Gasteiger partial charge >= 0.3 is 6.09 Å². The van der Waals surface area contributed by atoms with E-state index < -0.39 is 6.09 Å². The zero-order chi connectivity index (χ0) is 21.5. The number of carbonyl (C=O) groups excluding carboxylic acids is 2. The summed E-state index contributed by atoms with van der Waals surface area (Å²) >= 11 is 7.10. The second-order valence-electron chi connectivity index (χ2n) is 7.34. The molecule has 0 aliphatic carbocycles. The molecule has 5 rings (SSSR count). The number of H-pyrrole nitrogens is 1. The van der Waals surface area contributed by atoms with Crippen LogP contribution in [0.4, 0.5) is 4.79 Å². The average Bonchev–Trinajstić information content (AvgIpc) is 3.55. The van der Waals surface area contributed by atoms with Crippen molar-refractivity contribution in [2.75, 3.05) is 20.2 Å². The molecule has 1 saturated heterocycles. The lowest BCUT2D eigenvalue weighted by molar-refractivity contribution is -0.131. The van der Waals surface area contributed by atoms with E-state index in [9.17, 15) is 9.59 Å². The molecule has 4 heterocycles. The number of alkyl carbamates (subject to hydrolysis) is 1. The minimum Gasteiger partial charge on any atom is -0.453 e. The Balaban J connectivity index is 1.42. The zero-order valence-electron chi connectivity index (χ0n) is 16.6. The Morgan fingerprint density at radius 3 is 3.00 bits per heavy atom. The molecule has 7 nitrogen and oxygen atoms in total. The van der Waals surface area contributed by atoms with E-state index in [2.05, 4.69) is 53.9 Å². The number of benzene rings is 1. The number of thiophene rings is 2. The van der Waals surface area contributed by atoms with Crippen LogP contribution in [0.3, 0.4) is 0 Å². The van der Waals surface area contributed by atoms with Gasteiger partial charge in [-0.25, -0.2) is 9.78 Å². The van der Waals surface area contributed by atoms with Gasteiger partial charge in [-0.05, 0) is 46.5 Å². The second kappa shape index (κ2) is 8.25. The van der Waals surface area contributed by atoms with Crippen LogP contribution < -0.4 is 5.32 Å². The predicted octanol–water partition coefficient (Wildman–Crippen LogP) is 5.29. The number of imidazole rings is 1. The number of nitrogens with one attached hydrogen (secondary N) is 2. The summed E-state index contributed by atoms with van der Waals surface area (Å²) in [5.74, 6) is 0.642. The number of likely N-dealkylation sites (tertiary alicyclic amines) is 1. The Morgan fingerprint density at radius 1 is 1.32 bits per heavy atom. The molecule has 2 N–H and O–H groups in total. The number of hydrogen-bond acceptors (Lipinski definition) is 6. The Hall–Kier alpha value is -2.43. The van der Waals surface area contributed by atoms with E-state index in [4.69, 9.17) is 4.98 Å². The highest BCUT2D eigenvalue weighted by molar-refractivity contribution is 9.10. The van der Waals surface area contributed by atoms with Crippen molar-refractivity contribution in [2.45, 2.75) is 18.9 Å². The molecule has 2 amide bonds. The first kappa shape index (κ1) is 20.5. The van der Waals surface area contributed by atoms with Crippen molar-refractivity contribution in [3.05, 3.63) is 39.3 Å². The summed E-state index contributed by atoms with van der Waals surface area (Å²) in [6.07, 6.45) is 1.13. The van der Waals surface area contributed by atoms with E-state index in [1.165, 1.54) is 22.1 Å². The number of aromatic amines is 1. The average molecular weight is 519 g/mol. The monoisotopic (exact) mass is 518 g/mol. The molecular formula is C21H19BrN4O3S2. The number of fused-ring (bicyclic) bond motifs is 2. The van der Waals surface area contributed by atoms with Crippen LogP contribution in [0.15, 0.2) is 33.4 Å². The first-order valence-electron chi connectivity index (χ1n) is 9.80. The lowest BCUT2D eigenvalue weighted by Gasteiger charge is -2.23. The van der Waals surface area contributed by atoms with Gasteiger partial charge < -0.3 is 19.9 Å². The van der Waals surface area contributed by atoms with Crippen LogP contribution in [0.25, 0.3) is 31.6 Å². The highest BCUT2D eigenvalue weighted by atomic mass is 79.9. The fraction of sp³-hybridized carbons (Fsp3) is 0.286. The molecule has 4 aromatic rings. The summed E-state index contributed by atoms with van der Waals surface area (Å²) in [6.45, 7) is 0.562. The van der Waals surface area contributed by atoms with Crippen molar-refractivity contribution in [3.8, 4) is 11.1 Å². The first-order chi connectivity index (χ1) is 15.0. The van der Waals surface area contributed by atoms with E-state index in [0.717, 1.165) is 39.7 Å². The summed E-state index contributed by atoms with van der Waals surface area (Å²) in [5, 5.41) is 6.78. The molecule has 31 heavy (non-hydrogen) atoms. The van der Waals surface area contributed by atoms with Gasteiger partial charge in [0.25, 0.3) is 0 Å². The fourth-order valence-electron chi connectivity index (χ4n) is 4.02. The van der Waals surface area contributed by atoms with Crippen molar-refractivity contribution < 1.29 is 14.3 Å². The number of carbonyl (C=O) groups is 2. The van der Waals surface area contributed by atoms with Crippen molar-refractivity contribution >= 4 is 71.0 Å². The van der Waals surface area contributed by atoms with Crippen LogP contribution in [0.5, 0.6) is 0 Å². The predicted molar refractivity (Wildman–Crippen MR) is 127 cm³/mol. The Labute approximate surface area is 194 Å². The third kappa shape index (κ3) is 3.72. The van der Waals surface area contributed by atoms with Gasteiger partial charge in [-0.3, -0.25) is 4.79 Å². The minimum absolute atomic E-state index is 0.0852. The van der Waals surface area contributed by atoms with E-state index >= 15 is 0 Å². The smallest absolute Gasteiger partial charge is 0.407 e. The molecular weight excluding hydrogens is 500 g/mol. The van der Waals surface area contributed by atoms with Crippen molar-refractivity contribution in [1.29, 1.82) is 0 Å². The molecule has 1 aliphatic rings. The van der Waals surface area contributed by atoms with Gasteiger partial charge in [-0.15, -0.1) is 22.7 Å². The molecule has 1 atom stereocenters. The number of methoxy groups -OCH3 is 1. The van der Waals surface area contributed by atoms with E-state index in [1.807, 2.05) is 6.07 Å². The van der Waals surface area contributed by atoms with E-state index in [-0.39, 0.29) is 18.5 Å². The van der Waals surface area contributed by atoms with E-state index in [1.54, 1.807) is 27.6 Å².